The Morgan fingerprint density at radius 2 is 1.89 bits per heavy atom. The van der Waals surface area contributed by atoms with Crippen molar-refractivity contribution in [3.8, 4) is 17.0 Å². The Hall–Kier alpha value is -1.86. The van der Waals surface area contributed by atoms with Gasteiger partial charge < -0.3 is 4.74 Å². The Balaban J connectivity index is 1.67. The molecule has 2 atom stereocenters. The Morgan fingerprint density at radius 3 is 2.58 bits per heavy atom. The molecule has 1 fully saturated rings. The van der Waals surface area contributed by atoms with Crippen molar-refractivity contribution in [3.05, 3.63) is 69.9 Å². The molecule has 2 heterocycles. The van der Waals surface area contributed by atoms with Crippen molar-refractivity contribution < 1.29 is 13.2 Å². The minimum Gasteiger partial charge on any atom is -0.471 e. The number of ether oxygens (including phenoxy) is 1. The highest BCUT2D eigenvalue weighted by atomic mass is 35.5. The highest BCUT2D eigenvalue weighted by molar-refractivity contribution is 7.89. The van der Waals surface area contributed by atoms with Gasteiger partial charge in [0, 0.05) is 33.5 Å². The van der Waals surface area contributed by atoms with E-state index in [2.05, 4.69) is 16.9 Å². The summed E-state index contributed by atoms with van der Waals surface area (Å²) in [6.07, 6.45) is 13.0. The highest BCUT2D eigenvalue weighted by Gasteiger charge is 2.44. The lowest BCUT2D eigenvalue weighted by atomic mass is 9.77. The Kier molecular flexibility index (Phi) is 7.51. The van der Waals surface area contributed by atoms with E-state index in [1.807, 2.05) is 43.3 Å². The predicted molar refractivity (Wildman–Crippen MR) is 146 cm³/mol. The highest BCUT2D eigenvalue weighted by Crippen LogP contribution is 2.49. The fraction of sp³-hybridized carbons (Fsp3) is 0.464. The van der Waals surface area contributed by atoms with Crippen LogP contribution < -0.4 is 9.46 Å². The van der Waals surface area contributed by atoms with Gasteiger partial charge in [-0.15, -0.1) is 0 Å². The molecule has 8 heteroatoms. The van der Waals surface area contributed by atoms with Crippen LogP contribution in [0.25, 0.3) is 11.1 Å². The van der Waals surface area contributed by atoms with E-state index in [0.717, 1.165) is 59.5 Å². The van der Waals surface area contributed by atoms with E-state index in [-0.39, 0.29) is 11.7 Å². The molecule has 192 valence electrons. The lowest BCUT2D eigenvalue weighted by Gasteiger charge is -2.44. The minimum atomic E-state index is -3.44. The number of nitrogens with zero attached hydrogens (tertiary/aromatic N) is 1. The second-order valence-corrected chi connectivity index (χ2v) is 12.9. The topological polar surface area (TPSA) is 68.3 Å². The maximum Gasteiger partial charge on any atom is 0.219 e. The lowest BCUT2D eigenvalue weighted by Crippen LogP contribution is -2.47. The largest absolute Gasteiger partial charge is 0.471 e. The van der Waals surface area contributed by atoms with Crippen molar-refractivity contribution in [2.45, 2.75) is 75.9 Å². The van der Waals surface area contributed by atoms with Crippen molar-refractivity contribution >= 4 is 33.2 Å². The van der Waals surface area contributed by atoms with Crippen molar-refractivity contribution in [1.82, 2.24) is 9.71 Å². The summed E-state index contributed by atoms with van der Waals surface area (Å²) in [7, 11) is -3.44. The van der Waals surface area contributed by atoms with E-state index < -0.39 is 21.7 Å². The monoisotopic (exact) mass is 546 g/mol. The summed E-state index contributed by atoms with van der Waals surface area (Å²) in [6, 6.07) is 9.30. The average Bonchev–Trinajstić information content (AvgIpc) is 2.84. The smallest absolute Gasteiger partial charge is 0.219 e. The van der Waals surface area contributed by atoms with E-state index in [9.17, 15) is 8.42 Å². The normalized spacial score (nSPS) is 23.1. The van der Waals surface area contributed by atoms with Gasteiger partial charge >= 0.3 is 0 Å². The summed E-state index contributed by atoms with van der Waals surface area (Å²) >= 11 is 12.9. The molecule has 36 heavy (non-hydrogen) atoms. The Labute approximate surface area is 224 Å². The molecule has 5 nitrogen and oxygen atoms in total. The zero-order chi connectivity index (χ0) is 25.3. The van der Waals surface area contributed by atoms with Crippen molar-refractivity contribution in [3.63, 3.8) is 0 Å². The number of aromatic nitrogens is 1. The van der Waals surface area contributed by atoms with Gasteiger partial charge in [-0.1, -0.05) is 60.8 Å². The van der Waals surface area contributed by atoms with Crippen molar-refractivity contribution in [2.75, 3.05) is 5.75 Å². The maximum atomic E-state index is 12.9. The second-order valence-electron chi connectivity index (χ2n) is 10.1. The van der Waals surface area contributed by atoms with E-state index in [1.54, 1.807) is 0 Å². The summed E-state index contributed by atoms with van der Waals surface area (Å²) in [5, 5.41) is 1.38. The number of pyridine rings is 1. The Bertz CT molecular complexity index is 1280. The van der Waals surface area contributed by atoms with Gasteiger partial charge in [0.2, 0.25) is 15.9 Å². The van der Waals surface area contributed by atoms with Gasteiger partial charge in [-0.05, 0) is 68.4 Å². The first-order valence-corrected chi connectivity index (χ1v) is 15.2. The molecule has 2 aromatic rings. The molecule has 0 radical (unpaired) electrons. The van der Waals surface area contributed by atoms with Crippen LogP contribution in [0, 0.1) is 0 Å². The molecule has 2 unspecified atom stereocenters. The first kappa shape index (κ1) is 25.8. The third-order valence-electron chi connectivity index (χ3n) is 7.45. The third-order valence-corrected chi connectivity index (χ3v) is 9.68. The number of rotatable bonds is 6. The van der Waals surface area contributed by atoms with Crippen molar-refractivity contribution in [2.24, 2.45) is 0 Å². The lowest BCUT2D eigenvalue weighted by molar-refractivity contribution is -0.00454. The zero-order valence-corrected chi connectivity index (χ0v) is 22.8. The van der Waals surface area contributed by atoms with E-state index in [0.29, 0.717) is 23.7 Å². The molecule has 1 aromatic heterocycles. The SMILES string of the molecule is CCCS(=O)(=O)NC1CC2(CCCCC2)Oc2nc(C3CC=CC=C3Cl)c(-c3ccc(Cl)cc3)cc21. The third kappa shape index (κ3) is 5.38. The molecule has 0 saturated heterocycles. The maximum absolute atomic E-state index is 12.9. The standard InChI is InChI=1S/C28H32Cl2N2O3S/c1-2-16-36(33,34)32-25-18-28(14-6-3-7-15-28)35-27-23(25)17-22(19-10-12-20(29)13-11-19)26(31-27)21-8-4-5-9-24(21)30/h4-5,9-13,17,21,25,32H,2-3,6-8,14-16,18H2,1H3. The van der Waals surface area contributed by atoms with Crippen LogP contribution in [0.2, 0.25) is 5.02 Å². The van der Waals surface area contributed by atoms with Gasteiger partial charge in [-0.3, -0.25) is 0 Å². The van der Waals surface area contributed by atoms with Crippen LogP contribution in [0.15, 0.2) is 53.6 Å². The molecular weight excluding hydrogens is 515 g/mol. The van der Waals surface area contributed by atoms with Crippen LogP contribution in [-0.2, 0) is 10.0 Å². The Morgan fingerprint density at radius 1 is 1.14 bits per heavy atom. The molecule has 2 aliphatic carbocycles. The molecule has 3 aliphatic rings. The average molecular weight is 548 g/mol. The van der Waals surface area contributed by atoms with E-state index >= 15 is 0 Å². The van der Waals surface area contributed by atoms with Crippen LogP contribution in [0.3, 0.4) is 0 Å². The van der Waals surface area contributed by atoms with Crippen LogP contribution in [0.1, 0.15) is 81.5 Å². The predicted octanol–water partition coefficient (Wildman–Crippen LogP) is 7.42. The molecule has 1 spiro atoms. The van der Waals surface area contributed by atoms with Crippen LogP contribution in [-0.4, -0.2) is 24.8 Å². The molecule has 1 aliphatic heterocycles. The van der Waals surface area contributed by atoms with Gasteiger partial charge in [0.05, 0.1) is 17.5 Å². The number of hydrogen-bond acceptors (Lipinski definition) is 4. The number of halogens is 2. The first-order valence-electron chi connectivity index (χ1n) is 12.8. The summed E-state index contributed by atoms with van der Waals surface area (Å²) in [5.41, 5.74) is 3.09. The first-order chi connectivity index (χ1) is 17.3. The quantitative estimate of drug-likeness (QED) is 0.409. The molecule has 1 aromatic carbocycles. The molecule has 1 saturated carbocycles. The summed E-state index contributed by atoms with van der Waals surface area (Å²) < 4.78 is 35.5. The minimum absolute atomic E-state index is 0.0943. The van der Waals surface area contributed by atoms with Gasteiger partial charge in [-0.2, -0.15) is 0 Å². The molecule has 1 N–H and O–H groups in total. The molecule has 5 rings (SSSR count). The fourth-order valence-electron chi connectivity index (χ4n) is 5.71. The second kappa shape index (κ2) is 10.5. The van der Waals surface area contributed by atoms with Crippen LogP contribution in [0.4, 0.5) is 0 Å². The van der Waals surface area contributed by atoms with E-state index in [4.69, 9.17) is 32.9 Å². The van der Waals surface area contributed by atoms with Gasteiger partial charge in [-0.25, -0.2) is 18.1 Å². The summed E-state index contributed by atoms with van der Waals surface area (Å²) in [5.74, 6) is 0.520. The number of allylic oxidation sites excluding steroid dienone is 4. The number of fused-ring (bicyclic) bond motifs is 1. The number of nitrogens with one attached hydrogen (secondary N) is 1. The number of benzene rings is 1. The zero-order valence-electron chi connectivity index (χ0n) is 20.5. The molecule has 0 amide bonds. The molecule has 0 bridgehead atoms. The van der Waals surface area contributed by atoms with Gasteiger partial charge in [0.25, 0.3) is 0 Å². The fourth-order valence-corrected chi connectivity index (χ4v) is 7.40. The summed E-state index contributed by atoms with van der Waals surface area (Å²) in [6.45, 7) is 1.88. The van der Waals surface area contributed by atoms with Gasteiger partial charge in [0.15, 0.2) is 0 Å². The van der Waals surface area contributed by atoms with Crippen LogP contribution >= 0.6 is 23.2 Å². The number of hydrogen-bond donors (Lipinski definition) is 1. The number of sulfonamides is 1. The molecular formula is C28H32Cl2N2O3S. The van der Waals surface area contributed by atoms with Gasteiger partial charge in [0.1, 0.15) is 5.60 Å². The summed E-state index contributed by atoms with van der Waals surface area (Å²) in [4.78, 5) is 5.11. The van der Waals surface area contributed by atoms with Crippen molar-refractivity contribution in [1.29, 1.82) is 0 Å². The van der Waals surface area contributed by atoms with Crippen LogP contribution in [0.5, 0.6) is 5.88 Å². The van der Waals surface area contributed by atoms with E-state index in [1.165, 1.54) is 6.42 Å².